The summed E-state index contributed by atoms with van der Waals surface area (Å²) in [5, 5.41) is 3.77. The van der Waals surface area contributed by atoms with Crippen LogP contribution >= 0.6 is 11.3 Å². The van der Waals surface area contributed by atoms with Gasteiger partial charge in [-0.25, -0.2) is 14.2 Å². The van der Waals surface area contributed by atoms with E-state index in [0.29, 0.717) is 15.7 Å². The van der Waals surface area contributed by atoms with Crippen molar-refractivity contribution in [3.8, 4) is 0 Å². The van der Waals surface area contributed by atoms with Crippen LogP contribution in [0, 0.1) is 12.7 Å². The van der Waals surface area contributed by atoms with Crippen LogP contribution < -0.4 is 5.32 Å². The minimum absolute atomic E-state index is 0.109. The van der Waals surface area contributed by atoms with Crippen LogP contribution in [0.3, 0.4) is 0 Å². The average Bonchev–Trinajstić information content (AvgIpc) is 2.78. The van der Waals surface area contributed by atoms with E-state index in [0.717, 1.165) is 5.56 Å². The third-order valence-corrected chi connectivity index (χ3v) is 3.92. The molecule has 1 unspecified atom stereocenters. The van der Waals surface area contributed by atoms with Crippen LogP contribution in [-0.2, 0) is 4.74 Å². The highest BCUT2D eigenvalue weighted by Gasteiger charge is 2.17. The van der Waals surface area contributed by atoms with Crippen LogP contribution in [0.5, 0.6) is 0 Å². The number of esters is 1. The molecule has 0 radical (unpaired) electrons. The Balaban J connectivity index is 2.16. The van der Waals surface area contributed by atoms with Crippen LogP contribution in [0.4, 0.5) is 9.52 Å². The number of methoxy groups -OCH3 is 1. The van der Waals surface area contributed by atoms with E-state index >= 15 is 0 Å². The third kappa shape index (κ3) is 3.14. The van der Waals surface area contributed by atoms with E-state index < -0.39 is 5.97 Å². The largest absolute Gasteiger partial charge is 0.465 e. The highest BCUT2D eigenvalue weighted by atomic mass is 32.1. The van der Waals surface area contributed by atoms with Crippen LogP contribution in [0.1, 0.15) is 33.9 Å². The Kier molecular flexibility index (Phi) is 4.34. The SMILES string of the molecule is COC(=O)c1sc(NC(C)c2cccc(F)c2)nc1C. The molecule has 0 spiro atoms. The van der Waals surface area contributed by atoms with Gasteiger partial charge in [-0.2, -0.15) is 0 Å². The Hall–Kier alpha value is -1.95. The zero-order valence-corrected chi connectivity index (χ0v) is 12.3. The summed E-state index contributed by atoms with van der Waals surface area (Å²) >= 11 is 1.23. The maximum absolute atomic E-state index is 13.2. The summed E-state index contributed by atoms with van der Waals surface area (Å²) in [7, 11) is 1.34. The molecule has 2 aromatic rings. The molecule has 0 aliphatic rings. The molecule has 0 amide bonds. The molecule has 4 nitrogen and oxygen atoms in total. The summed E-state index contributed by atoms with van der Waals surface area (Å²) in [4.78, 5) is 16.3. The molecular formula is C14H15FN2O2S. The second-order valence-corrected chi connectivity index (χ2v) is 5.35. The van der Waals surface area contributed by atoms with Crippen molar-refractivity contribution in [2.45, 2.75) is 19.9 Å². The van der Waals surface area contributed by atoms with Gasteiger partial charge < -0.3 is 10.1 Å². The molecule has 0 aliphatic carbocycles. The first-order valence-electron chi connectivity index (χ1n) is 6.09. The first kappa shape index (κ1) is 14.5. The Morgan fingerprint density at radius 2 is 2.25 bits per heavy atom. The van der Waals surface area contributed by atoms with E-state index in [1.165, 1.54) is 30.6 Å². The number of carbonyl (C=O) groups excluding carboxylic acids is 1. The molecule has 1 N–H and O–H groups in total. The van der Waals surface area contributed by atoms with Crippen molar-refractivity contribution in [1.29, 1.82) is 0 Å². The van der Waals surface area contributed by atoms with E-state index in [1.54, 1.807) is 13.0 Å². The summed E-state index contributed by atoms with van der Waals surface area (Å²) in [5.74, 6) is -0.673. The normalized spacial score (nSPS) is 12.0. The number of thiazole rings is 1. The number of ether oxygens (including phenoxy) is 1. The highest BCUT2D eigenvalue weighted by Crippen LogP contribution is 2.27. The first-order valence-corrected chi connectivity index (χ1v) is 6.90. The molecule has 0 bridgehead atoms. The van der Waals surface area contributed by atoms with Gasteiger partial charge in [-0.05, 0) is 31.5 Å². The number of hydrogen-bond donors (Lipinski definition) is 1. The number of aryl methyl sites for hydroxylation is 1. The second kappa shape index (κ2) is 6.00. The molecule has 0 saturated heterocycles. The Labute approximate surface area is 120 Å². The average molecular weight is 294 g/mol. The van der Waals surface area contributed by atoms with E-state index in [-0.39, 0.29) is 11.9 Å². The lowest BCUT2D eigenvalue weighted by Crippen LogP contribution is -2.06. The van der Waals surface area contributed by atoms with Crippen molar-refractivity contribution in [3.05, 3.63) is 46.2 Å². The quantitative estimate of drug-likeness (QED) is 0.876. The topological polar surface area (TPSA) is 51.2 Å². The lowest BCUT2D eigenvalue weighted by Gasteiger charge is -2.13. The zero-order valence-electron chi connectivity index (χ0n) is 11.4. The summed E-state index contributed by atoms with van der Waals surface area (Å²) in [6.07, 6.45) is 0. The van der Waals surface area contributed by atoms with Gasteiger partial charge in [0.1, 0.15) is 10.7 Å². The summed E-state index contributed by atoms with van der Waals surface area (Å²) in [6, 6.07) is 6.26. The minimum Gasteiger partial charge on any atom is -0.465 e. The fourth-order valence-corrected chi connectivity index (χ4v) is 2.76. The third-order valence-electron chi connectivity index (χ3n) is 2.86. The molecule has 0 aliphatic heterocycles. The first-order chi connectivity index (χ1) is 9.51. The highest BCUT2D eigenvalue weighted by molar-refractivity contribution is 7.17. The maximum atomic E-state index is 13.2. The van der Waals surface area contributed by atoms with Crippen LogP contribution in [0.25, 0.3) is 0 Å². The van der Waals surface area contributed by atoms with Gasteiger partial charge in [0.15, 0.2) is 5.13 Å². The maximum Gasteiger partial charge on any atom is 0.350 e. The van der Waals surface area contributed by atoms with Crippen molar-refractivity contribution >= 4 is 22.4 Å². The smallest absolute Gasteiger partial charge is 0.350 e. The fourth-order valence-electron chi connectivity index (χ4n) is 1.78. The Bertz CT molecular complexity index is 627. The van der Waals surface area contributed by atoms with Crippen molar-refractivity contribution in [3.63, 3.8) is 0 Å². The number of rotatable bonds is 4. The van der Waals surface area contributed by atoms with Gasteiger partial charge in [0, 0.05) is 0 Å². The molecule has 1 aromatic carbocycles. The van der Waals surface area contributed by atoms with Gasteiger partial charge in [-0.15, -0.1) is 0 Å². The minimum atomic E-state index is -0.397. The monoisotopic (exact) mass is 294 g/mol. The molecular weight excluding hydrogens is 279 g/mol. The van der Waals surface area contributed by atoms with Crippen LogP contribution in [0.15, 0.2) is 24.3 Å². The number of nitrogens with zero attached hydrogens (tertiary/aromatic N) is 1. The molecule has 1 atom stereocenters. The van der Waals surface area contributed by atoms with Gasteiger partial charge in [0.05, 0.1) is 18.8 Å². The van der Waals surface area contributed by atoms with E-state index in [1.807, 2.05) is 13.0 Å². The fraction of sp³-hybridized carbons (Fsp3) is 0.286. The van der Waals surface area contributed by atoms with Gasteiger partial charge in [-0.1, -0.05) is 23.5 Å². The predicted octanol–water partition coefficient (Wildman–Crippen LogP) is 3.55. The van der Waals surface area contributed by atoms with Crippen molar-refractivity contribution in [2.24, 2.45) is 0 Å². The second-order valence-electron chi connectivity index (χ2n) is 4.35. The number of anilines is 1. The lowest BCUT2D eigenvalue weighted by atomic mass is 10.1. The summed E-state index contributed by atoms with van der Waals surface area (Å²) < 4.78 is 17.9. The standard InChI is InChI=1S/C14H15FN2O2S/c1-8(10-5-4-6-11(15)7-10)16-14-17-9(2)12(20-14)13(18)19-3/h4-8H,1-3H3,(H,16,17). The zero-order chi connectivity index (χ0) is 14.7. The molecule has 6 heteroatoms. The van der Waals surface area contributed by atoms with E-state index in [9.17, 15) is 9.18 Å². The lowest BCUT2D eigenvalue weighted by molar-refractivity contribution is 0.0605. The molecule has 1 aromatic heterocycles. The van der Waals surface area contributed by atoms with Gasteiger partial charge >= 0.3 is 5.97 Å². The van der Waals surface area contributed by atoms with Crippen LogP contribution in [-0.4, -0.2) is 18.1 Å². The van der Waals surface area contributed by atoms with E-state index in [2.05, 4.69) is 15.0 Å². The number of carbonyl (C=O) groups is 1. The summed E-state index contributed by atoms with van der Waals surface area (Å²) in [5.41, 5.74) is 1.44. The molecule has 106 valence electrons. The van der Waals surface area contributed by atoms with Crippen LogP contribution in [0.2, 0.25) is 0 Å². The van der Waals surface area contributed by atoms with Crippen molar-refractivity contribution in [1.82, 2.24) is 4.98 Å². The molecule has 20 heavy (non-hydrogen) atoms. The van der Waals surface area contributed by atoms with E-state index in [4.69, 9.17) is 0 Å². The molecule has 1 heterocycles. The van der Waals surface area contributed by atoms with Gasteiger partial charge in [0.2, 0.25) is 0 Å². The Morgan fingerprint density at radius 3 is 2.90 bits per heavy atom. The van der Waals surface area contributed by atoms with Crippen molar-refractivity contribution < 1.29 is 13.9 Å². The number of nitrogens with one attached hydrogen (secondary N) is 1. The van der Waals surface area contributed by atoms with Gasteiger partial charge in [-0.3, -0.25) is 0 Å². The molecule has 2 rings (SSSR count). The number of aromatic nitrogens is 1. The van der Waals surface area contributed by atoms with Gasteiger partial charge in [0.25, 0.3) is 0 Å². The Morgan fingerprint density at radius 1 is 1.50 bits per heavy atom. The number of benzene rings is 1. The number of halogens is 1. The number of hydrogen-bond acceptors (Lipinski definition) is 5. The molecule has 0 saturated carbocycles. The summed E-state index contributed by atoms with van der Waals surface area (Å²) in [6.45, 7) is 3.66. The molecule has 0 fully saturated rings. The predicted molar refractivity (Wildman–Crippen MR) is 76.6 cm³/mol. The van der Waals surface area contributed by atoms with Crippen molar-refractivity contribution in [2.75, 3.05) is 12.4 Å².